The van der Waals surface area contributed by atoms with Crippen molar-refractivity contribution >= 4 is 11.6 Å². The topological polar surface area (TPSA) is 44.9 Å². The first-order valence-electron chi connectivity index (χ1n) is 7.62. The van der Waals surface area contributed by atoms with Gasteiger partial charge in [-0.25, -0.2) is 0 Å². The van der Waals surface area contributed by atoms with Gasteiger partial charge >= 0.3 is 0 Å². The average molecular weight is 270 g/mol. The zero-order valence-electron chi connectivity index (χ0n) is 12.0. The van der Waals surface area contributed by atoms with E-state index in [1.807, 2.05) is 0 Å². The van der Waals surface area contributed by atoms with Gasteiger partial charge in [-0.15, -0.1) is 0 Å². The third-order valence-electron chi connectivity index (χ3n) is 5.27. The summed E-state index contributed by atoms with van der Waals surface area (Å²) in [5.74, 6) is 0.698. The van der Waals surface area contributed by atoms with Gasteiger partial charge in [0.2, 0.25) is 0 Å². The molecule has 0 bridgehead atoms. The van der Waals surface area contributed by atoms with Crippen LogP contribution in [0.1, 0.15) is 24.8 Å². The van der Waals surface area contributed by atoms with Crippen LogP contribution in [-0.2, 0) is 0 Å². The molecule has 4 nitrogen and oxygen atoms in total. The van der Waals surface area contributed by atoms with E-state index in [4.69, 9.17) is 5.73 Å². The molecule has 20 heavy (non-hydrogen) atoms. The lowest BCUT2D eigenvalue weighted by Crippen LogP contribution is -2.57. The van der Waals surface area contributed by atoms with Crippen molar-refractivity contribution < 1.29 is 0 Å². The van der Waals surface area contributed by atoms with Gasteiger partial charge in [-0.2, -0.15) is 0 Å². The Morgan fingerprint density at radius 1 is 1.35 bits per heavy atom. The molecule has 3 heterocycles. The smallest absolute Gasteiger partial charge is 0.196 e. The first kappa shape index (κ1) is 12.2. The number of fused-ring (bicyclic) bond motifs is 2. The molecule has 2 fully saturated rings. The van der Waals surface area contributed by atoms with E-state index in [9.17, 15) is 0 Å². The molecular formula is C16H22N4. The maximum atomic E-state index is 6.26. The molecule has 2 N–H and O–H groups in total. The van der Waals surface area contributed by atoms with Gasteiger partial charge in [-0.1, -0.05) is 12.1 Å². The van der Waals surface area contributed by atoms with E-state index in [0.717, 1.165) is 6.54 Å². The molecule has 3 aliphatic heterocycles. The summed E-state index contributed by atoms with van der Waals surface area (Å²) in [4.78, 5) is 9.58. The third-order valence-corrected chi connectivity index (χ3v) is 5.27. The van der Waals surface area contributed by atoms with E-state index < -0.39 is 0 Å². The molecule has 4 rings (SSSR count). The van der Waals surface area contributed by atoms with Crippen molar-refractivity contribution in [3.63, 3.8) is 0 Å². The summed E-state index contributed by atoms with van der Waals surface area (Å²) in [6.45, 7) is 5.42. The first-order valence-corrected chi connectivity index (χ1v) is 7.62. The number of nitrogens with two attached hydrogens (primary N) is 1. The van der Waals surface area contributed by atoms with Gasteiger partial charge in [0.25, 0.3) is 0 Å². The van der Waals surface area contributed by atoms with Gasteiger partial charge in [0.05, 0.1) is 12.1 Å². The molecule has 0 aromatic heterocycles. The van der Waals surface area contributed by atoms with E-state index >= 15 is 0 Å². The first-order chi connectivity index (χ1) is 9.71. The number of benzene rings is 1. The minimum absolute atomic E-state index is 0.106. The summed E-state index contributed by atoms with van der Waals surface area (Å²) in [7, 11) is 0. The maximum absolute atomic E-state index is 6.26. The van der Waals surface area contributed by atoms with Crippen molar-refractivity contribution in [2.75, 3.05) is 24.5 Å². The molecule has 4 heteroatoms. The fourth-order valence-corrected chi connectivity index (χ4v) is 4.40. The molecular weight excluding hydrogens is 248 g/mol. The van der Waals surface area contributed by atoms with Crippen molar-refractivity contribution in [3.05, 3.63) is 29.8 Å². The van der Waals surface area contributed by atoms with E-state index in [-0.39, 0.29) is 5.54 Å². The largest absolute Gasteiger partial charge is 0.369 e. The summed E-state index contributed by atoms with van der Waals surface area (Å²) < 4.78 is 0. The molecule has 0 saturated carbocycles. The Labute approximate surface area is 120 Å². The molecule has 0 radical (unpaired) electrons. The zero-order chi connectivity index (χ0) is 13.7. The fraction of sp³-hybridized carbons (Fsp3) is 0.562. The molecule has 0 amide bonds. The van der Waals surface area contributed by atoms with Crippen molar-refractivity contribution in [3.8, 4) is 0 Å². The number of rotatable bonds is 1. The van der Waals surface area contributed by atoms with Gasteiger partial charge < -0.3 is 10.6 Å². The Bertz CT molecular complexity index is 567. The van der Waals surface area contributed by atoms with E-state index in [1.54, 1.807) is 0 Å². The number of nitrogens with zero attached hydrogens (tertiary/aromatic N) is 3. The number of aryl methyl sites for hydroxylation is 1. The minimum Gasteiger partial charge on any atom is -0.369 e. The Morgan fingerprint density at radius 3 is 3.10 bits per heavy atom. The Kier molecular flexibility index (Phi) is 2.58. The normalized spacial score (nSPS) is 33.0. The van der Waals surface area contributed by atoms with Crippen LogP contribution in [0.3, 0.4) is 0 Å². The number of aliphatic imine (C=N–C) groups is 1. The lowest BCUT2D eigenvalue weighted by atomic mass is 9.87. The summed E-state index contributed by atoms with van der Waals surface area (Å²) in [5.41, 5.74) is 8.84. The SMILES string of the molecule is Cc1cccc(N2C(N)=NCC23CCN2CCCC23)c1. The molecule has 3 aliphatic rings. The maximum Gasteiger partial charge on any atom is 0.196 e. The molecule has 106 valence electrons. The highest BCUT2D eigenvalue weighted by atomic mass is 15.4. The number of hydrogen-bond donors (Lipinski definition) is 1. The third kappa shape index (κ3) is 1.54. The molecule has 0 aliphatic carbocycles. The minimum atomic E-state index is 0.106. The molecule has 1 aromatic carbocycles. The van der Waals surface area contributed by atoms with E-state index in [1.165, 1.54) is 43.6 Å². The van der Waals surface area contributed by atoms with Crippen LogP contribution in [0.5, 0.6) is 0 Å². The van der Waals surface area contributed by atoms with Crippen molar-refractivity contribution in [2.24, 2.45) is 10.7 Å². The highest BCUT2D eigenvalue weighted by molar-refractivity contribution is 5.98. The molecule has 1 aromatic rings. The summed E-state index contributed by atoms with van der Waals surface area (Å²) >= 11 is 0. The van der Waals surface area contributed by atoms with E-state index in [0.29, 0.717) is 12.0 Å². The average Bonchev–Trinajstić information content (AvgIpc) is 3.08. The summed E-state index contributed by atoms with van der Waals surface area (Å²) in [5, 5.41) is 0. The molecule has 1 spiro atoms. The number of guanidine groups is 1. The van der Waals surface area contributed by atoms with Crippen LogP contribution in [0.2, 0.25) is 0 Å². The zero-order valence-corrected chi connectivity index (χ0v) is 12.0. The summed E-state index contributed by atoms with van der Waals surface area (Å²) in [6.07, 6.45) is 3.77. The van der Waals surface area contributed by atoms with Crippen LogP contribution < -0.4 is 10.6 Å². The monoisotopic (exact) mass is 270 g/mol. The highest BCUT2D eigenvalue weighted by Gasteiger charge is 2.55. The molecule has 2 atom stereocenters. The van der Waals surface area contributed by atoms with Gasteiger partial charge in [0.1, 0.15) is 0 Å². The van der Waals surface area contributed by atoms with Crippen LogP contribution >= 0.6 is 0 Å². The Morgan fingerprint density at radius 2 is 2.25 bits per heavy atom. The predicted molar refractivity (Wildman–Crippen MR) is 82.1 cm³/mol. The number of anilines is 1. The van der Waals surface area contributed by atoms with Crippen LogP contribution in [0.25, 0.3) is 0 Å². The van der Waals surface area contributed by atoms with Crippen molar-refractivity contribution in [1.29, 1.82) is 0 Å². The van der Waals surface area contributed by atoms with Crippen LogP contribution in [-0.4, -0.2) is 42.1 Å². The van der Waals surface area contributed by atoms with Gasteiger partial charge in [-0.05, 0) is 50.4 Å². The standard InChI is InChI=1S/C16H22N4/c1-12-4-2-5-13(10-12)20-15(17)18-11-16(20)7-9-19-8-3-6-14(16)19/h2,4-5,10,14H,3,6-9,11H2,1H3,(H2,17,18). The quantitative estimate of drug-likeness (QED) is 0.845. The molecule has 2 unspecified atom stereocenters. The summed E-state index contributed by atoms with van der Waals surface area (Å²) in [6, 6.07) is 9.27. The lowest BCUT2D eigenvalue weighted by Gasteiger charge is -2.40. The second-order valence-corrected chi connectivity index (χ2v) is 6.40. The van der Waals surface area contributed by atoms with Crippen LogP contribution in [0, 0.1) is 6.92 Å². The molecule has 2 saturated heterocycles. The second kappa shape index (κ2) is 4.22. The van der Waals surface area contributed by atoms with Crippen molar-refractivity contribution in [2.45, 2.75) is 37.8 Å². The van der Waals surface area contributed by atoms with Crippen LogP contribution in [0.15, 0.2) is 29.3 Å². The van der Waals surface area contributed by atoms with Gasteiger partial charge in [-0.3, -0.25) is 9.89 Å². The van der Waals surface area contributed by atoms with Crippen LogP contribution in [0.4, 0.5) is 5.69 Å². The number of hydrogen-bond acceptors (Lipinski definition) is 4. The second-order valence-electron chi connectivity index (χ2n) is 6.40. The predicted octanol–water partition coefficient (Wildman–Crippen LogP) is 1.74. The highest BCUT2D eigenvalue weighted by Crippen LogP contribution is 2.44. The Hall–Kier alpha value is -1.55. The van der Waals surface area contributed by atoms with E-state index in [2.05, 4.69) is 46.0 Å². The fourth-order valence-electron chi connectivity index (χ4n) is 4.40. The van der Waals surface area contributed by atoms with Gasteiger partial charge in [0.15, 0.2) is 5.96 Å². The van der Waals surface area contributed by atoms with Gasteiger partial charge in [0, 0.05) is 18.3 Å². The lowest BCUT2D eigenvalue weighted by molar-refractivity contribution is 0.274. The van der Waals surface area contributed by atoms with Crippen molar-refractivity contribution in [1.82, 2.24) is 4.90 Å². The Balaban J connectivity index is 1.77.